The lowest BCUT2D eigenvalue weighted by Gasteiger charge is -2.40. The van der Waals surface area contributed by atoms with E-state index in [0.29, 0.717) is 6.61 Å². The molecule has 1 aliphatic rings. The van der Waals surface area contributed by atoms with Crippen molar-refractivity contribution in [2.75, 3.05) is 20.3 Å². The molecule has 4 atom stereocenters. The second kappa shape index (κ2) is 11.6. The lowest BCUT2D eigenvalue weighted by Crippen LogP contribution is -2.58. The minimum Gasteiger partial charge on any atom is -0.379 e. The quantitative estimate of drug-likeness (QED) is 0.477. The van der Waals surface area contributed by atoms with Gasteiger partial charge in [-0.05, 0) is 12.8 Å². The summed E-state index contributed by atoms with van der Waals surface area (Å²) in [6, 6.07) is -0.184. The number of allylic oxidation sites excluding steroid dienone is 1. The highest BCUT2D eigenvalue weighted by Crippen LogP contribution is 2.23. The van der Waals surface area contributed by atoms with Crippen molar-refractivity contribution in [1.29, 1.82) is 0 Å². The standard InChI is InChI=1S/C18H34N2O3/c1-4-5-6-7-8-9-10-11-15-17(20-16(21)12-19)18(22-3)14(2)13-23-15/h10-11,14-15,17-18H,4-9,12-13,19H2,1-3H3,(H,20,21)/b11-10+/t14-,15-,17-,18-/m0/s1. The second-order valence-electron chi connectivity index (χ2n) is 6.40. The first kappa shape index (κ1) is 20.1. The largest absolute Gasteiger partial charge is 0.379 e. The van der Waals surface area contributed by atoms with E-state index in [1.54, 1.807) is 7.11 Å². The van der Waals surface area contributed by atoms with Gasteiger partial charge in [-0.2, -0.15) is 0 Å². The number of rotatable bonds is 10. The molecule has 23 heavy (non-hydrogen) atoms. The maximum absolute atomic E-state index is 11.7. The van der Waals surface area contributed by atoms with Crippen molar-refractivity contribution >= 4 is 5.91 Å². The number of carbonyl (C=O) groups excluding carboxylic acids is 1. The van der Waals surface area contributed by atoms with Gasteiger partial charge in [-0.1, -0.05) is 51.7 Å². The van der Waals surface area contributed by atoms with Gasteiger partial charge in [0, 0.05) is 13.0 Å². The molecule has 0 unspecified atom stereocenters. The number of hydrogen-bond donors (Lipinski definition) is 2. The summed E-state index contributed by atoms with van der Waals surface area (Å²) in [4.78, 5) is 11.7. The maximum atomic E-state index is 11.7. The molecule has 1 saturated heterocycles. The Morgan fingerprint density at radius 3 is 2.74 bits per heavy atom. The fraction of sp³-hybridized carbons (Fsp3) is 0.833. The minimum absolute atomic E-state index is 0.0187. The first-order valence-electron chi connectivity index (χ1n) is 8.94. The predicted molar refractivity (Wildman–Crippen MR) is 93.2 cm³/mol. The van der Waals surface area contributed by atoms with E-state index >= 15 is 0 Å². The third-order valence-corrected chi connectivity index (χ3v) is 4.41. The van der Waals surface area contributed by atoms with Crippen LogP contribution in [-0.4, -0.2) is 44.4 Å². The first-order valence-corrected chi connectivity index (χ1v) is 8.94. The number of nitrogens with one attached hydrogen (secondary N) is 1. The SMILES string of the molecule is CCCCCCC/C=C/[C@@H]1OC[C@H](C)[C@H](OC)[C@H]1NC(=O)CN. The van der Waals surface area contributed by atoms with Crippen LogP contribution in [0.4, 0.5) is 0 Å². The van der Waals surface area contributed by atoms with Crippen LogP contribution < -0.4 is 11.1 Å². The molecule has 1 fully saturated rings. The molecule has 3 N–H and O–H groups in total. The van der Waals surface area contributed by atoms with E-state index in [1.807, 2.05) is 0 Å². The number of hydrogen-bond acceptors (Lipinski definition) is 4. The van der Waals surface area contributed by atoms with E-state index in [-0.39, 0.29) is 36.6 Å². The molecule has 0 aliphatic carbocycles. The summed E-state index contributed by atoms with van der Waals surface area (Å²) in [5.74, 6) is 0.0643. The smallest absolute Gasteiger partial charge is 0.234 e. The minimum atomic E-state index is -0.184. The monoisotopic (exact) mass is 326 g/mol. The molecule has 0 spiro atoms. The van der Waals surface area contributed by atoms with E-state index in [4.69, 9.17) is 15.2 Å². The van der Waals surface area contributed by atoms with Crippen LogP contribution in [0, 0.1) is 5.92 Å². The number of nitrogens with two attached hydrogens (primary N) is 1. The van der Waals surface area contributed by atoms with Gasteiger partial charge < -0.3 is 20.5 Å². The maximum Gasteiger partial charge on any atom is 0.234 e. The van der Waals surface area contributed by atoms with Crippen LogP contribution in [0.2, 0.25) is 0 Å². The molecule has 0 saturated carbocycles. The molecule has 1 amide bonds. The molecule has 5 nitrogen and oxygen atoms in total. The molecule has 0 aromatic rings. The third kappa shape index (κ3) is 7.02. The van der Waals surface area contributed by atoms with Gasteiger partial charge in [-0.3, -0.25) is 4.79 Å². The Bertz CT molecular complexity index is 360. The van der Waals surface area contributed by atoms with Crippen molar-refractivity contribution in [2.24, 2.45) is 11.7 Å². The van der Waals surface area contributed by atoms with Crippen LogP contribution in [0.5, 0.6) is 0 Å². The van der Waals surface area contributed by atoms with Crippen LogP contribution in [0.25, 0.3) is 0 Å². The number of carbonyl (C=O) groups is 1. The molecule has 134 valence electrons. The van der Waals surface area contributed by atoms with E-state index in [0.717, 1.165) is 6.42 Å². The highest BCUT2D eigenvalue weighted by molar-refractivity contribution is 5.78. The second-order valence-corrected chi connectivity index (χ2v) is 6.40. The molecular formula is C18H34N2O3. The Morgan fingerprint density at radius 1 is 1.35 bits per heavy atom. The van der Waals surface area contributed by atoms with E-state index in [1.165, 1.54) is 32.1 Å². The molecule has 1 heterocycles. The van der Waals surface area contributed by atoms with E-state index in [9.17, 15) is 4.79 Å². The summed E-state index contributed by atoms with van der Waals surface area (Å²) >= 11 is 0. The van der Waals surface area contributed by atoms with Crippen LogP contribution in [-0.2, 0) is 14.3 Å². The summed E-state index contributed by atoms with van der Waals surface area (Å²) in [7, 11) is 1.68. The average molecular weight is 326 g/mol. The van der Waals surface area contributed by atoms with E-state index < -0.39 is 0 Å². The summed E-state index contributed by atoms with van der Waals surface area (Å²) in [5, 5.41) is 2.95. The summed E-state index contributed by atoms with van der Waals surface area (Å²) in [6.45, 7) is 4.92. The lowest BCUT2D eigenvalue weighted by molar-refractivity contribution is -0.131. The van der Waals surface area contributed by atoms with Gasteiger partial charge in [-0.25, -0.2) is 0 Å². The molecule has 1 aliphatic heterocycles. The summed E-state index contributed by atoms with van der Waals surface area (Å²) in [5.41, 5.74) is 5.42. The zero-order valence-electron chi connectivity index (χ0n) is 14.9. The average Bonchev–Trinajstić information content (AvgIpc) is 2.55. The van der Waals surface area contributed by atoms with Crippen LogP contribution in [0.15, 0.2) is 12.2 Å². The van der Waals surface area contributed by atoms with Crippen molar-refractivity contribution in [2.45, 2.75) is 70.6 Å². The fourth-order valence-electron chi connectivity index (χ4n) is 3.06. The van der Waals surface area contributed by atoms with Crippen LogP contribution in [0.3, 0.4) is 0 Å². The van der Waals surface area contributed by atoms with Gasteiger partial charge in [-0.15, -0.1) is 0 Å². The molecule has 5 heteroatoms. The van der Waals surface area contributed by atoms with Crippen LogP contribution >= 0.6 is 0 Å². The van der Waals surface area contributed by atoms with Crippen molar-refractivity contribution in [1.82, 2.24) is 5.32 Å². The molecule has 0 radical (unpaired) electrons. The molecule has 0 aromatic carbocycles. The van der Waals surface area contributed by atoms with Gasteiger partial charge in [0.2, 0.25) is 5.91 Å². The zero-order chi connectivity index (χ0) is 17.1. The Morgan fingerprint density at radius 2 is 2.09 bits per heavy atom. The topological polar surface area (TPSA) is 73.6 Å². The predicted octanol–water partition coefficient (Wildman–Crippen LogP) is 2.40. The Kier molecular flexibility index (Phi) is 10.2. The van der Waals surface area contributed by atoms with Crippen molar-refractivity contribution in [3.63, 3.8) is 0 Å². The third-order valence-electron chi connectivity index (χ3n) is 4.41. The summed E-state index contributed by atoms with van der Waals surface area (Å²) in [6.07, 6.45) is 11.4. The van der Waals surface area contributed by atoms with Crippen molar-refractivity contribution in [3.05, 3.63) is 12.2 Å². The Balaban J connectivity index is 2.53. The lowest BCUT2D eigenvalue weighted by atomic mass is 9.90. The highest BCUT2D eigenvalue weighted by atomic mass is 16.5. The number of methoxy groups -OCH3 is 1. The molecule has 1 rings (SSSR count). The molecule has 0 aromatic heterocycles. The molecular weight excluding hydrogens is 292 g/mol. The number of ether oxygens (including phenoxy) is 2. The highest BCUT2D eigenvalue weighted by Gasteiger charge is 2.38. The number of amides is 1. The molecule has 0 bridgehead atoms. The van der Waals surface area contributed by atoms with E-state index in [2.05, 4.69) is 31.3 Å². The van der Waals surface area contributed by atoms with Gasteiger partial charge >= 0.3 is 0 Å². The first-order chi connectivity index (χ1) is 11.1. The van der Waals surface area contributed by atoms with Gasteiger partial charge in [0.25, 0.3) is 0 Å². The van der Waals surface area contributed by atoms with Crippen LogP contribution in [0.1, 0.15) is 52.4 Å². The van der Waals surface area contributed by atoms with Crippen molar-refractivity contribution in [3.8, 4) is 0 Å². The van der Waals surface area contributed by atoms with Gasteiger partial charge in [0.1, 0.15) is 0 Å². The fourth-order valence-corrected chi connectivity index (χ4v) is 3.06. The number of unbranched alkanes of at least 4 members (excludes halogenated alkanes) is 5. The zero-order valence-corrected chi connectivity index (χ0v) is 14.9. The van der Waals surface area contributed by atoms with Gasteiger partial charge in [0.15, 0.2) is 0 Å². The Labute approximate surface area is 141 Å². The normalized spacial score (nSPS) is 28.2. The summed E-state index contributed by atoms with van der Waals surface area (Å²) < 4.78 is 11.5. The van der Waals surface area contributed by atoms with Crippen molar-refractivity contribution < 1.29 is 14.3 Å². The Hall–Kier alpha value is -0.910. The van der Waals surface area contributed by atoms with Gasteiger partial charge in [0.05, 0.1) is 31.4 Å².